The summed E-state index contributed by atoms with van der Waals surface area (Å²) in [5.74, 6) is -0.0802. The Morgan fingerprint density at radius 1 is 0.410 bits per heavy atom. The topological polar surface area (TPSA) is 69.6 Å². The van der Waals surface area contributed by atoms with Crippen molar-refractivity contribution in [1.29, 1.82) is 0 Å². The average molecular weight is 848 g/mol. The van der Waals surface area contributed by atoms with E-state index in [9.17, 15) is 15.0 Å². The van der Waals surface area contributed by atoms with E-state index in [4.69, 9.17) is 0 Å². The third-order valence-electron chi connectivity index (χ3n) is 11.6. The first-order valence-electron chi connectivity index (χ1n) is 26.3. The third-order valence-corrected chi connectivity index (χ3v) is 11.6. The SMILES string of the molecule is CC/C=C\C/C=C\C/C=C\C/C=C\CCCCCCCCCCCCCCCCC(=O)NC(CO)C(O)/C=C/CC/C=C/CC/C=C/CCCCCCCCCCCCCC. The monoisotopic (exact) mass is 848 g/mol. The normalized spacial score (nSPS) is 13.6. The number of hydrogen-bond donors (Lipinski definition) is 3. The number of allylic oxidation sites excluding steroid dienone is 13. The number of carbonyl (C=O) groups is 1. The van der Waals surface area contributed by atoms with Gasteiger partial charge >= 0.3 is 0 Å². The lowest BCUT2D eigenvalue weighted by Gasteiger charge is -2.19. The van der Waals surface area contributed by atoms with E-state index in [1.165, 1.54) is 167 Å². The van der Waals surface area contributed by atoms with Crippen LogP contribution < -0.4 is 5.32 Å². The largest absolute Gasteiger partial charge is 0.394 e. The lowest BCUT2D eigenvalue weighted by molar-refractivity contribution is -0.123. The molecule has 0 aromatic rings. The van der Waals surface area contributed by atoms with Crippen LogP contribution in [0.25, 0.3) is 0 Å². The second-order valence-electron chi connectivity index (χ2n) is 17.5. The minimum atomic E-state index is -0.875. The molecule has 352 valence electrons. The molecule has 0 saturated heterocycles. The van der Waals surface area contributed by atoms with Gasteiger partial charge in [0.1, 0.15) is 0 Å². The van der Waals surface area contributed by atoms with Crippen LogP contribution in [0.1, 0.15) is 251 Å². The van der Waals surface area contributed by atoms with E-state index in [-0.39, 0.29) is 12.5 Å². The molecule has 0 radical (unpaired) electrons. The summed E-state index contributed by atoms with van der Waals surface area (Å²) < 4.78 is 0. The highest BCUT2D eigenvalue weighted by molar-refractivity contribution is 5.76. The number of nitrogens with one attached hydrogen (secondary N) is 1. The van der Waals surface area contributed by atoms with Crippen LogP contribution in [0, 0.1) is 0 Å². The van der Waals surface area contributed by atoms with Crippen molar-refractivity contribution in [2.45, 2.75) is 264 Å². The Hall–Kier alpha value is -2.43. The van der Waals surface area contributed by atoms with Gasteiger partial charge in [0, 0.05) is 6.42 Å². The predicted octanol–water partition coefficient (Wildman–Crippen LogP) is 17.2. The molecule has 4 nitrogen and oxygen atoms in total. The molecule has 0 saturated carbocycles. The van der Waals surface area contributed by atoms with Crippen LogP contribution in [0.5, 0.6) is 0 Å². The molecular weight excluding hydrogens is 747 g/mol. The van der Waals surface area contributed by atoms with Crippen LogP contribution in [0.3, 0.4) is 0 Å². The van der Waals surface area contributed by atoms with E-state index < -0.39 is 12.1 Å². The second-order valence-corrected chi connectivity index (χ2v) is 17.5. The minimum absolute atomic E-state index is 0.0802. The van der Waals surface area contributed by atoms with Crippen molar-refractivity contribution in [3.63, 3.8) is 0 Å². The first-order chi connectivity index (χ1) is 30.2. The molecule has 61 heavy (non-hydrogen) atoms. The number of rotatable bonds is 47. The van der Waals surface area contributed by atoms with Gasteiger partial charge in [0.25, 0.3) is 0 Å². The van der Waals surface area contributed by atoms with Gasteiger partial charge in [-0.3, -0.25) is 4.79 Å². The van der Waals surface area contributed by atoms with E-state index in [0.717, 1.165) is 64.2 Å². The van der Waals surface area contributed by atoms with E-state index in [2.05, 4.69) is 92.1 Å². The molecule has 1 amide bonds. The van der Waals surface area contributed by atoms with Crippen molar-refractivity contribution >= 4 is 5.91 Å². The maximum Gasteiger partial charge on any atom is 0.220 e. The Labute approximate surface area is 380 Å². The quantitative estimate of drug-likeness (QED) is 0.0422. The average Bonchev–Trinajstić information content (AvgIpc) is 3.26. The maximum atomic E-state index is 12.5. The summed E-state index contributed by atoms with van der Waals surface area (Å²) in [6, 6.07) is -0.650. The molecule has 0 aliphatic rings. The third kappa shape index (κ3) is 48.5. The van der Waals surface area contributed by atoms with Gasteiger partial charge in [-0.05, 0) is 83.5 Å². The standard InChI is InChI=1S/C57H101NO3/c1-3-5-7-9-11-13-15-17-19-21-23-25-27-28-29-30-31-33-35-37-39-41-43-45-47-49-51-53-57(61)58-55(54-59)56(60)52-50-48-46-44-42-40-38-36-34-32-26-24-22-20-18-16-14-12-10-8-6-4-2/h5,7,11,13,17,19,23,25,34,36,42,44,50,52,55-56,59-60H,3-4,6,8-10,12,14-16,18,20-22,24,26-33,35,37-41,43,45-49,51,53-54H2,1-2H3,(H,58,61)/b7-5-,13-11-,19-17-,25-23-,36-34+,44-42+,52-50+. The van der Waals surface area contributed by atoms with Gasteiger partial charge < -0.3 is 15.5 Å². The first-order valence-corrected chi connectivity index (χ1v) is 26.3. The van der Waals surface area contributed by atoms with Gasteiger partial charge in [0.2, 0.25) is 5.91 Å². The number of unbranched alkanes of at least 4 members (excludes halogenated alkanes) is 28. The fourth-order valence-electron chi connectivity index (χ4n) is 7.61. The summed E-state index contributed by atoms with van der Waals surface area (Å²) in [6.45, 7) is 4.19. The van der Waals surface area contributed by atoms with E-state index in [0.29, 0.717) is 6.42 Å². The van der Waals surface area contributed by atoms with Crippen LogP contribution in [-0.2, 0) is 4.79 Å². The highest BCUT2D eigenvalue weighted by Crippen LogP contribution is 2.15. The van der Waals surface area contributed by atoms with Crippen LogP contribution in [-0.4, -0.2) is 34.9 Å². The number of hydrogen-bond acceptors (Lipinski definition) is 3. The lowest BCUT2D eigenvalue weighted by Crippen LogP contribution is -2.45. The van der Waals surface area contributed by atoms with Gasteiger partial charge in [-0.15, -0.1) is 0 Å². The Bertz CT molecular complexity index is 1100. The van der Waals surface area contributed by atoms with Gasteiger partial charge in [-0.2, -0.15) is 0 Å². The van der Waals surface area contributed by atoms with Crippen molar-refractivity contribution in [2.24, 2.45) is 0 Å². The minimum Gasteiger partial charge on any atom is -0.394 e. The smallest absolute Gasteiger partial charge is 0.220 e. The van der Waals surface area contributed by atoms with E-state index in [1.807, 2.05) is 6.08 Å². The zero-order chi connectivity index (χ0) is 44.2. The second kappa shape index (κ2) is 51.9. The summed E-state index contributed by atoms with van der Waals surface area (Å²) in [7, 11) is 0. The summed E-state index contributed by atoms with van der Waals surface area (Å²) in [5.41, 5.74) is 0. The molecule has 0 aliphatic carbocycles. The number of aliphatic hydroxyl groups is 2. The Morgan fingerprint density at radius 2 is 0.738 bits per heavy atom. The zero-order valence-electron chi connectivity index (χ0n) is 40.4. The highest BCUT2D eigenvalue weighted by atomic mass is 16.3. The Balaban J connectivity index is 3.59. The first kappa shape index (κ1) is 58.6. The van der Waals surface area contributed by atoms with Crippen molar-refractivity contribution < 1.29 is 15.0 Å². The molecule has 3 N–H and O–H groups in total. The molecule has 2 atom stereocenters. The Kier molecular flexibility index (Phi) is 49.8. The van der Waals surface area contributed by atoms with E-state index >= 15 is 0 Å². The molecule has 0 aromatic heterocycles. The molecule has 0 aromatic carbocycles. The van der Waals surface area contributed by atoms with Crippen molar-refractivity contribution in [1.82, 2.24) is 5.32 Å². The summed E-state index contributed by atoms with van der Waals surface area (Å²) in [6.07, 6.45) is 75.8. The van der Waals surface area contributed by atoms with Gasteiger partial charge in [0.15, 0.2) is 0 Å². The van der Waals surface area contributed by atoms with E-state index in [1.54, 1.807) is 6.08 Å². The molecule has 0 aliphatic heterocycles. The highest BCUT2D eigenvalue weighted by Gasteiger charge is 2.17. The van der Waals surface area contributed by atoms with Crippen LogP contribution in [0.15, 0.2) is 85.1 Å². The predicted molar refractivity (Wildman–Crippen MR) is 271 cm³/mol. The molecule has 0 heterocycles. The van der Waals surface area contributed by atoms with Gasteiger partial charge in [0.05, 0.1) is 18.8 Å². The van der Waals surface area contributed by atoms with Crippen LogP contribution >= 0.6 is 0 Å². The number of carbonyl (C=O) groups excluding carboxylic acids is 1. The molecule has 4 heteroatoms. The zero-order valence-corrected chi connectivity index (χ0v) is 40.4. The lowest BCUT2D eigenvalue weighted by atomic mass is 10.0. The molecule has 2 unspecified atom stereocenters. The maximum absolute atomic E-state index is 12.5. The fourth-order valence-corrected chi connectivity index (χ4v) is 7.61. The van der Waals surface area contributed by atoms with Gasteiger partial charge in [-0.25, -0.2) is 0 Å². The van der Waals surface area contributed by atoms with Crippen LogP contribution in [0.2, 0.25) is 0 Å². The summed E-state index contributed by atoms with van der Waals surface area (Å²) in [5, 5.41) is 23.1. The van der Waals surface area contributed by atoms with Crippen molar-refractivity contribution in [3.8, 4) is 0 Å². The molecule has 0 rings (SSSR count). The van der Waals surface area contributed by atoms with Crippen LogP contribution in [0.4, 0.5) is 0 Å². The fraction of sp³-hybridized carbons (Fsp3) is 0.737. The molecule has 0 bridgehead atoms. The van der Waals surface area contributed by atoms with Gasteiger partial charge in [-0.1, -0.05) is 247 Å². The molecule has 0 spiro atoms. The van der Waals surface area contributed by atoms with Crippen molar-refractivity contribution in [2.75, 3.05) is 6.61 Å². The number of aliphatic hydroxyl groups excluding tert-OH is 2. The number of amides is 1. The summed E-state index contributed by atoms with van der Waals surface area (Å²) in [4.78, 5) is 12.5. The molecule has 0 fully saturated rings. The Morgan fingerprint density at radius 3 is 1.15 bits per heavy atom. The summed E-state index contributed by atoms with van der Waals surface area (Å²) >= 11 is 0. The van der Waals surface area contributed by atoms with Crippen molar-refractivity contribution in [3.05, 3.63) is 85.1 Å². The molecular formula is C57H101NO3.